The van der Waals surface area contributed by atoms with Crippen LogP contribution in [0.15, 0.2) is 40.6 Å². The number of aryl methyl sites for hydroxylation is 1. The average molecular weight is 449 g/mol. The van der Waals surface area contributed by atoms with E-state index in [-0.39, 0.29) is 23.9 Å². The number of carbonyl (C=O) groups is 1. The van der Waals surface area contributed by atoms with Gasteiger partial charge in [-0.2, -0.15) is 4.31 Å². The third-order valence-corrected chi connectivity index (χ3v) is 8.06. The fraction of sp³-hybridized carbons (Fsp3) is 0.381. The molecule has 1 aromatic carbocycles. The Morgan fingerprint density at radius 3 is 2.50 bits per heavy atom. The van der Waals surface area contributed by atoms with Crippen LogP contribution in [0.5, 0.6) is 11.5 Å². The molecule has 0 spiro atoms. The highest BCUT2D eigenvalue weighted by Gasteiger charge is 2.30. The molecule has 0 radical (unpaired) electrons. The van der Waals surface area contributed by atoms with Crippen molar-refractivity contribution in [3.05, 3.63) is 46.2 Å². The van der Waals surface area contributed by atoms with Crippen LogP contribution in [-0.4, -0.2) is 62.9 Å². The first kappa shape index (κ1) is 20.9. The maximum atomic E-state index is 13.1. The first-order valence-electron chi connectivity index (χ1n) is 9.86. The Morgan fingerprint density at radius 1 is 1.07 bits per heavy atom. The van der Waals surface area contributed by atoms with E-state index in [4.69, 9.17) is 9.47 Å². The Hall–Kier alpha value is -2.36. The van der Waals surface area contributed by atoms with Crippen LogP contribution < -0.4 is 9.47 Å². The standard InChI is InChI=1S/C21H24N2O5S2/c1-16-7-14-29-20(16)5-6-21(24)22-8-10-23(11-9-22)30(25,26)17-3-4-18-19(15-17)28-13-2-12-27-18/h3-7,14-15H,2,8-13H2,1H3/b6-5+. The van der Waals surface area contributed by atoms with Crippen LogP contribution in [0.2, 0.25) is 0 Å². The molecule has 2 aliphatic rings. The summed E-state index contributed by atoms with van der Waals surface area (Å²) >= 11 is 1.59. The minimum absolute atomic E-state index is 0.101. The number of rotatable bonds is 4. The Balaban J connectivity index is 1.41. The summed E-state index contributed by atoms with van der Waals surface area (Å²) in [7, 11) is -3.67. The molecule has 2 aromatic rings. The predicted octanol–water partition coefficient (Wildman–Crippen LogP) is 2.76. The zero-order valence-corrected chi connectivity index (χ0v) is 18.4. The quantitative estimate of drug-likeness (QED) is 0.673. The highest BCUT2D eigenvalue weighted by Crippen LogP contribution is 2.33. The van der Waals surface area contributed by atoms with Gasteiger partial charge in [0.15, 0.2) is 11.5 Å². The van der Waals surface area contributed by atoms with Gasteiger partial charge in [0.25, 0.3) is 0 Å². The molecule has 0 saturated carbocycles. The monoisotopic (exact) mass is 448 g/mol. The average Bonchev–Trinajstić information content (AvgIpc) is 3.02. The van der Waals surface area contributed by atoms with E-state index in [9.17, 15) is 13.2 Å². The lowest BCUT2D eigenvalue weighted by molar-refractivity contribution is -0.127. The summed E-state index contributed by atoms with van der Waals surface area (Å²) in [5, 5.41) is 1.99. The lowest BCUT2D eigenvalue weighted by Crippen LogP contribution is -2.50. The number of hydrogen-bond acceptors (Lipinski definition) is 6. The van der Waals surface area contributed by atoms with E-state index in [0.717, 1.165) is 16.9 Å². The predicted molar refractivity (Wildman–Crippen MR) is 115 cm³/mol. The molecule has 7 nitrogen and oxygen atoms in total. The molecule has 9 heteroatoms. The first-order valence-corrected chi connectivity index (χ1v) is 12.2. The molecular weight excluding hydrogens is 424 g/mol. The van der Waals surface area contributed by atoms with Gasteiger partial charge in [-0.1, -0.05) is 0 Å². The van der Waals surface area contributed by atoms with Crippen LogP contribution in [0, 0.1) is 6.92 Å². The van der Waals surface area contributed by atoms with Crippen molar-refractivity contribution in [3.8, 4) is 11.5 Å². The van der Waals surface area contributed by atoms with Gasteiger partial charge in [0, 0.05) is 49.6 Å². The molecule has 4 rings (SSSR count). The molecule has 0 unspecified atom stereocenters. The molecule has 1 aromatic heterocycles. The van der Waals surface area contributed by atoms with Crippen LogP contribution in [0.3, 0.4) is 0 Å². The molecule has 30 heavy (non-hydrogen) atoms. The summed E-state index contributed by atoms with van der Waals surface area (Å²) in [4.78, 5) is 15.4. The second-order valence-electron chi connectivity index (χ2n) is 7.19. The van der Waals surface area contributed by atoms with Gasteiger partial charge >= 0.3 is 0 Å². The van der Waals surface area contributed by atoms with Gasteiger partial charge in [-0.15, -0.1) is 11.3 Å². The third-order valence-electron chi connectivity index (χ3n) is 5.19. The number of sulfonamides is 1. The van der Waals surface area contributed by atoms with Crippen molar-refractivity contribution in [2.45, 2.75) is 18.2 Å². The largest absolute Gasteiger partial charge is 0.490 e. The number of thiophene rings is 1. The second-order valence-corrected chi connectivity index (χ2v) is 10.1. The summed E-state index contributed by atoms with van der Waals surface area (Å²) in [6.07, 6.45) is 4.14. The molecular formula is C21H24N2O5S2. The summed E-state index contributed by atoms with van der Waals surface area (Å²) in [6.45, 7) is 4.28. The van der Waals surface area contributed by atoms with Crippen molar-refractivity contribution in [1.82, 2.24) is 9.21 Å². The lowest BCUT2D eigenvalue weighted by Gasteiger charge is -2.33. The van der Waals surface area contributed by atoms with Crippen LogP contribution >= 0.6 is 11.3 Å². The Labute approximate surface area is 180 Å². The van der Waals surface area contributed by atoms with Crippen LogP contribution in [0.1, 0.15) is 16.9 Å². The molecule has 0 aliphatic carbocycles. The molecule has 160 valence electrons. The summed E-state index contributed by atoms with van der Waals surface area (Å²) in [5.74, 6) is 0.918. The van der Waals surface area contributed by atoms with Crippen molar-refractivity contribution >= 4 is 33.3 Å². The number of hydrogen-bond donors (Lipinski definition) is 0. The third kappa shape index (κ3) is 4.38. The number of carbonyl (C=O) groups excluding carboxylic acids is 1. The van der Waals surface area contributed by atoms with Crippen LogP contribution in [-0.2, 0) is 14.8 Å². The minimum Gasteiger partial charge on any atom is -0.490 e. The zero-order chi connectivity index (χ0) is 21.1. The normalized spacial score (nSPS) is 17.8. The van der Waals surface area contributed by atoms with Gasteiger partial charge in [0.2, 0.25) is 15.9 Å². The van der Waals surface area contributed by atoms with E-state index < -0.39 is 10.0 Å². The minimum atomic E-state index is -3.67. The van der Waals surface area contributed by atoms with E-state index in [2.05, 4.69) is 0 Å². The molecule has 1 fully saturated rings. The van der Waals surface area contributed by atoms with E-state index in [1.807, 2.05) is 24.4 Å². The van der Waals surface area contributed by atoms with E-state index in [0.29, 0.717) is 37.8 Å². The van der Waals surface area contributed by atoms with E-state index in [1.54, 1.807) is 34.4 Å². The SMILES string of the molecule is Cc1ccsc1/C=C/C(=O)N1CCN(S(=O)(=O)c2ccc3c(c2)OCCCO3)CC1. The number of nitrogens with zero attached hydrogens (tertiary/aromatic N) is 2. The highest BCUT2D eigenvalue weighted by atomic mass is 32.2. The Kier molecular flexibility index (Phi) is 6.12. The first-order chi connectivity index (χ1) is 14.4. The van der Waals surface area contributed by atoms with Crippen molar-refractivity contribution in [3.63, 3.8) is 0 Å². The van der Waals surface area contributed by atoms with Gasteiger partial charge in [0.05, 0.1) is 18.1 Å². The van der Waals surface area contributed by atoms with Crippen molar-refractivity contribution < 1.29 is 22.7 Å². The fourth-order valence-corrected chi connectivity index (χ4v) is 5.67. The van der Waals surface area contributed by atoms with Gasteiger partial charge in [-0.3, -0.25) is 4.79 Å². The van der Waals surface area contributed by atoms with Crippen molar-refractivity contribution in [1.29, 1.82) is 0 Å². The molecule has 0 bridgehead atoms. The number of amides is 1. The molecule has 1 saturated heterocycles. The zero-order valence-electron chi connectivity index (χ0n) is 16.7. The van der Waals surface area contributed by atoms with Gasteiger partial charge < -0.3 is 14.4 Å². The molecule has 0 atom stereocenters. The molecule has 1 amide bonds. The second kappa shape index (κ2) is 8.79. The van der Waals surface area contributed by atoms with Crippen LogP contribution in [0.4, 0.5) is 0 Å². The Morgan fingerprint density at radius 2 is 1.80 bits per heavy atom. The van der Waals surface area contributed by atoms with Crippen molar-refractivity contribution in [2.75, 3.05) is 39.4 Å². The molecule has 2 aliphatic heterocycles. The molecule has 0 N–H and O–H groups in total. The molecule has 3 heterocycles. The summed E-state index contributed by atoms with van der Waals surface area (Å²) in [5.41, 5.74) is 1.13. The van der Waals surface area contributed by atoms with Crippen molar-refractivity contribution in [2.24, 2.45) is 0 Å². The van der Waals surface area contributed by atoms with E-state index in [1.165, 1.54) is 10.4 Å². The number of benzene rings is 1. The summed E-state index contributed by atoms with van der Waals surface area (Å²) in [6, 6.07) is 6.73. The van der Waals surface area contributed by atoms with Gasteiger partial charge in [0.1, 0.15) is 0 Å². The lowest BCUT2D eigenvalue weighted by atomic mass is 10.2. The number of piperazine rings is 1. The smallest absolute Gasteiger partial charge is 0.246 e. The highest BCUT2D eigenvalue weighted by molar-refractivity contribution is 7.89. The Bertz CT molecular complexity index is 1050. The topological polar surface area (TPSA) is 76.2 Å². The number of fused-ring (bicyclic) bond motifs is 1. The van der Waals surface area contributed by atoms with E-state index >= 15 is 0 Å². The van der Waals surface area contributed by atoms with Crippen LogP contribution in [0.25, 0.3) is 6.08 Å². The maximum absolute atomic E-state index is 13.1. The maximum Gasteiger partial charge on any atom is 0.246 e. The van der Waals surface area contributed by atoms with Gasteiger partial charge in [-0.05, 0) is 42.1 Å². The number of ether oxygens (including phenoxy) is 2. The van der Waals surface area contributed by atoms with Gasteiger partial charge in [-0.25, -0.2) is 8.42 Å². The summed E-state index contributed by atoms with van der Waals surface area (Å²) < 4.78 is 38.7. The fourth-order valence-electron chi connectivity index (χ4n) is 3.41.